The number of hydrogen-bond donors (Lipinski definition) is 2. The van der Waals surface area contributed by atoms with Crippen molar-refractivity contribution in [3.8, 4) is 11.5 Å². The van der Waals surface area contributed by atoms with Gasteiger partial charge in [-0.2, -0.15) is 0 Å². The molecule has 0 aliphatic carbocycles. The standard InChI is InChI=1S/C25H36N2O4/c1-20-8-3-5-10-24(20)30-18-22(28)16-26-12-7-13-27(15-14-26)17-23(29)19-31-25-11-6-4-9-21(25)2/h3-6,8-11,22-23,28-29H,7,12-19H2,1-2H3. The van der Waals surface area contributed by atoms with Crippen molar-refractivity contribution in [1.82, 2.24) is 9.80 Å². The number of para-hydroxylation sites is 2. The van der Waals surface area contributed by atoms with E-state index in [2.05, 4.69) is 9.80 Å². The molecule has 6 nitrogen and oxygen atoms in total. The number of ether oxygens (including phenoxy) is 2. The van der Waals surface area contributed by atoms with Crippen molar-refractivity contribution in [2.45, 2.75) is 32.5 Å². The molecule has 0 spiro atoms. The molecule has 0 radical (unpaired) electrons. The Bertz CT molecular complexity index is 735. The van der Waals surface area contributed by atoms with E-state index in [1.54, 1.807) is 0 Å². The van der Waals surface area contributed by atoms with Gasteiger partial charge < -0.3 is 19.7 Å². The first-order valence-electron chi connectivity index (χ1n) is 11.2. The molecule has 1 aliphatic heterocycles. The van der Waals surface area contributed by atoms with Crippen LogP contribution >= 0.6 is 0 Å². The Labute approximate surface area is 186 Å². The van der Waals surface area contributed by atoms with E-state index in [4.69, 9.17) is 9.47 Å². The first kappa shape index (κ1) is 23.5. The highest BCUT2D eigenvalue weighted by Crippen LogP contribution is 2.17. The predicted octanol–water partition coefficient (Wildman–Crippen LogP) is 2.49. The van der Waals surface area contributed by atoms with Crippen LogP contribution in [-0.4, -0.2) is 84.7 Å². The Hall–Kier alpha value is -2.12. The molecule has 3 rings (SSSR count). The molecule has 1 saturated heterocycles. The third kappa shape index (κ3) is 7.82. The second-order valence-electron chi connectivity index (χ2n) is 8.42. The van der Waals surface area contributed by atoms with E-state index in [9.17, 15) is 10.2 Å². The number of β-amino-alcohol motifs (C(OH)–C–C–N with tert-alkyl or cyclic N) is 2. The lowest BCUT2D eigenvalue weighted by Gasteiger charge is -2.25. The first-order chi connectivity index (χ1) is 15.0. The fourth-order valence-electron chi connectivity index (χ4n) is 3.90. The van der Waals surface area contributed by atoms with Gasteiger partial charge in [0, 0.05) is 26.2 Å². The van der Waals surface area contributed by atoms with Gasteiger partial charge in [0.25, 0.3) is 0 Å². The van der Waals surface area contributed by atoms with E-state index in [0.717, 1.165) is 55.2 Å². The summed E-state index contributed by atoms with van der Waals surface area (Å²) >= 11 is 0. The van der Waals surface area contributed by atoms with E-state index in [1.165, 1.54) is 0 Å². The molecule has 2 unspecified atom stereocenters. The van der Waals surface area contributed by atoms with Crippen molar-refractivity contribution < 1.29 is 19.7 Å². The van der Waals surface area contributed by atoms with Crippen LogP contribution in [0, 0.1) is 13.8 Å². The first-order valence-corrected chi connectivity index (χ1v) is 11.2. The van der Waals surface area contributed by atoms with Crippen molar-refractivity contribution in [3.05, 3.63) is 59.7 Å². The molecule has 6 heteroatoms. The van der Waals surface area contributed by atoms with E-state index in [-0.39, 0.29) is 0 Å². The van der Waals surface area contributed by atoms with Gasteiger partial charge in [0.1, 0.15) is 36.9 Å². The Morgan fingerprint density at radius 3 is 1.55 bits per heavy atom. The molecule has 0 aromatic heterocycles. The predicted molar refractivity (Wildman–Crippen MR) is 123 cm³/mol. The molecule has 31 heavy (non-hydrogen) atoms. The summed E-state index contributed by atoms with van der Waals surface area (Å²) < 4.78 is 11.6. The zero-order valence-corrected chi connectivity index (χ0v) is 18.7. The number of hydrogen-bond acceptors (Lipinski definition) is 6. The van der Waals surface area contributed by atoms with Crippen LogP contribution < -0.4 is 9.47 Å². The minimum Gasteiger partial charge on any atom is -0.491 e. The van der Waals surface area contributed by atoms with Crippen LogP contribution in [-0.2, 0) is 0 Å². The normalized spacial score (nSPS) is 17.7. The highest BCUT2D eigenvalue weighted by Gasteiger charge is 2.20. The van der Waals surface area contributed by atoms with Crippen molar-refractivity contribution in [1.29, 1.82) is 0 Å². The summed E-state index contributed by atoms with van der Waals surface area (Å²) in [6.45, 7) is 9.40. The molecule has 2 aromatic carbocycles. The lowest BCUT2D eigenvalue weighted by Crippen LogP contribution is -2.40. The topological polar surface area (TPSA) is 65.4 Å². The molecule has 170 valence electrons. The molecule has 0 amide bonds. The Balaban J connectivity index is 1.36. The highest BCUT2D eigenvalue weighted by atomic mass is 16.5. The third-order valence-corrected chi connectivity index (χ3v) is 5.67. The zero-order chi connectivity index (χ0) is 22.1. The number of aryl methyl sites for hydroxylation is 2. The lowest BCUT2D eigenvalue weighted by molar-refractivity contribution is 0.0615. The van der Waals surface area contributed by atoms with Gasteiger partial charge in [-0.15, -0.1) is 0 Å². The lowest BCUT2D eigenvalue weighted by atomic mass is 10.2. The van der Waals surface area contributed by atoms with Gasteiger partial charge in [-0.3, -0.25) is 9.80 Å². The van der Waals surface area contributed by atoms with Crippen LogP contribution in [0.25, 0.3) is 0 Å². The second-order valence-corrected chi connectivity index (χ2v) is 8.42. The van der Waals surface area contributed by atoms with Crippen molar-refractivity contribution in [3.63, 3.8) is 0 Å². The van der Waals surface area contributed by atoms with E-state index < -0.39 is 12.2 Å². The quantitative estimate of drug-likeness (QED) is 0.606. The smallest absolute Gasteiger partial charge is 0.122 e. The maximum absolute atomic E-state index is 10.4. The van der Waals surface area contributed by atoms with Gasteiger partial charge in [0.05, 0.1) is 0 Å². The second kappa shape index (κ2) is 12.1. The number of aliphatic hydroxyl groups excluding tert-OH is 2. The molecule has 0 bridgehead atoms. The van der Waals surface area contributed by atoms with Gasteiger partial charge in [-0.1, -0.05) is 36.4 Å². The Kier molecular flexibility index (Phi) is 9.15. The van der Waals surface area contributed by atoms with E-state index >= 15 is 0 Å². The zero-order valence-electron chi connectivity index (χ0n) is 18.7. The van der Waals surface area contributed by atoms with E-state index in [1.807, 2.05) is 62.4 Å². The van der Waals surface area contributed by atoms with Gasteiger partial charge >= 0.3 is 0 Å². The average Bonchev–Trinajstić information content (AvgIpc) is 2.97. The van der Waals surface area contributed by atoms with Crippen LogP contribution in [0.3, 0.4) is 0 Å². The van der Waals surface area contributed by atoms with Gasteiger partial charge in [0.15, 0.2) is 0 Å². The number of benzene rings is 2. The number of nitrogens with zero attached hydrogens (tertiary/aromatic N) is 2. The molecule has 0 saturated carbocycles. The molecule has 2 N–H and O–H groups in total. The van der Waals surface area contributed by atoms with Crippen LogP contribution in [0.5, 0.6) is 11.5 Å². The summed E-state index contributed by atoms with van der Waals surface area (Å²) in [5.74, 6) is 1.65. The minimum atomic E-state index is -0.528. The minimum absolute atomic E-state index is 0.292. The molecule has 1 fully saturated rings. The maximum Gasteiger partial charge on any atom is 0.122 e. The van der Waals surface area contributed by atoms with Crippen molar-refractivity contribution in [2.24, 2.45) is 0 Å². The van der Waals surface area contributed by atoms with Gasteiger partial charge in [-0.05, 0) is 56.6 Å². The number of aliphatic hydroxyl groups is 2. The third-order valence-electron chi connectivity index (χ3n) is 5.67. The van der Waals surface area contributed by atoms with Gasteiger partial charge in [-0.25, -0.2) is 0 Å². The van der Waals surface area contributed by atoms with Crippen LogP contribution in [0.2, 0.25) is 0 Å². The number of rotatable bonds is 10. The van der Waals surface area contributed by atoms with Crippen LogP contribution in [0.4, 0.5) is 0 Å². The Morgan fingerprint density at radius 2 is 1.13 bits per heavy atom. The van der Waals surface area contributed by atoms with E-state index in [0.29, 0.717) is 26.3 Å². The molecule has 1 heterocycles. The molecule has 2 aromatic rings. The molecular formula is C25H36N2O4. The highest BCUT2D eigenvalue weighted by molar-refractivity contribution is 5.32. The monoisotopic (exact) mass is 428 g/mol. The molecule has 1 aliphatic rings. The van der Waals surface area contributed by atoms with Crippen LogP contribution in [0.15, 0.2) is 48.5 Å². The molecule has 2 atom stereocenters. The molecular weight excluding hydrogens is 392 g/mol. The van der Waals surface area contributed by atoms with Crippen LogP contribution in [0.1, 0.15) is 17.5 Å². The maximum atomic E-state index is 10.4. The summed E-state index contributed by atoms with van der Waals surface area (Å²) in [4.78, 5) is 4.56. The average molecular weight is 429 g/mol. The summed E-state index contributed by atoms with van der Waals surface area (Å²) in [5, 5.41) is 20.8. The van der Waals surface area contributed by atoms with Crippen molar-refractivity contribution in [2.75, 3.05) is 52.5 Å². The van der Waals surface area contributed by atoms with Gasteiger partial charge in [0.2, 0.25) is 0 Å². The largest absolute Gasteiger partial charge is 0.491 e. The van der Waals surface area contributed by atoms with Crippen molar-refractivity contribution >= 4 is 0 Å². The summed E-state index contributed by atoms with van der Waals surface area (Å²) in [6.07, 6.45) is -0.0463. The SMILES string of the molecule is Cc1ccccc1OCC(O)CN1CCCN(CC(O)COc2ccccc2C)CC1. The Morgan fingerprint density at radius 1 is 0.710 bits per heavy atom. The summed E-state index contributed by atoms with van der Waals surface area (Å²) in [6, 6.07) is 15.7. The summed E-state index contributed by atoms with van der Waals surface area (Å²) in [5.41, 5.74) is 2.15. The fraction of sp³-hybridized carbons (Fsp3) is 0.520. The fourth-order valence-corrected chi connectivity index (χ4v) is 3.90. The summed E-state index contributed by atoms with van der Waals surface area (Å²) in [7, 11) is 0.